The number of aromatic nitrogens is 1. The van der Waals surface area contributed by atoms with Crippen molar-refractivity contribution in [1.82, 2.24) is 10.3 Å². The fraction of sp³-hybridized carbons (Fsp3) is 0.200. The SMILES string of the molecule is O=C(NCCCO)c1c[nH]c(=O)cc1Nc1ccccc1F. The fourth-order valence-corrected chi connectivity index (χ4v) is 1.85. The number of hydrogen-bond acceptors (Lipinski definition) is 4. The molecule has 0 radical (unpaired) electrons. The van der Waals surface area contributed by atoms with Gasteiger partial charge in [0.25, 0.3) is 5.91 Å². The van der Waals surface area contributed by atoms with Crippen LogP contribution in [-0.4, -0.2) is 29.1 Å². The minimum atomic E-state index is -0.491. The predicted molar refractivity (Wildman–Crippen MR) is 80.8 cm³/mol. The van der Waals surface area contributed by atoms with Crippen molar-refractivity contribution in [3.63, 3.8) is 0 Å². The van der Waals surface area contributed by atoms with Gasteiger partial charge in [0.1, 0.15) is 5.82 Å². The number of aliphatic hydroxyl groups excluding tert-OH is 1. The first-order valence-corrected chi connectivity index (χ1v) is 6.75. The van der Waals surface area contributed by atoms with Crippen LogP contribution in [0.1, 0.15) is 16.8 Å². The van der Waals surface area contributed by atoms with Gasteiger partial charge in [0.05, 0.1) is 16.9 Å². The number of pyridine rings is 1. The van der Waals surface area contributed by atoms with Gasteiger partial charge in [0, 0.05) is 25.4 Å². The molecule has 0 bridgehead atoms. The molecule has 0 fully saturated rings. The summed E-state index contributed by atoms with van der Waals surface area (Å²) in [5.74, 6) is -0.919. The number of carbonyl (C=O) groups excluding carboxylic acids is 1. The van der Waals surface area contributed by atoms with E-state index in [1.165, 1.54) is 24.4 Å². The predicted octanol–water partition coefficient (Wildman–Crippen LogP) is 1.37. The average Bonchev–Trinajstić information content (AvgIpc) is 2.50. The van der Waals surface area contributed by atoms with Crippen LogP contribution in [0.15, 0.2) is 41.3 Å². The highest BCUT2D eigenvalue weighted by molar-refractivity contribution is 5.99. The van der Waals surface area contributed by atoms with Crippen molar-refractivity contribution >= 4 is 17.3 Å². The second-order valence-corrected chi connectivity index (χ2v) is 4.56. The summed E-state index contributed by atoms with van der Waals surface area (Å²) >= 11 is 0. The lowest BCUT2D eigenvalue weighted by Gasteiger charge is -2.12. The van der Waals surface area contributed by atoms with Gasteiger partial charge < -0.3 is 20.7 Å². The zero-order valence-corrected chi connectivity index (χ0v) is 11.7. The number of anilines is 2. The van der Waals surface area contributed by atoms with E-state index in [-0.39, 0.29) is 23.5 Å². The third-order valence-corrected chi connectivity index (χ3v) is 2.93. The molecule has 22 heavy (non-hydrogen) atoms. The fourth-order valence-electron chi connectivity index (χ4n) is 1.85. The lowest BCUT2D eigenvalue weighted by Crippen LogP contribution is -2.26. The molecular formula is C15H16FN3O3. The summed E-state index contributed by atoms with van der Waals surface area (Å²) in [6.07, 6.45) is 1.69. The van der Waals surface area contributed by atoms with E-state index in [4.69, 9.17) is 5.11 Å². The van der Waals surface area contributed by atoms with Gasteiger partial charge in [-0.25, -0.2) is 4.39 Å². The van der Waals surface area contributed by atoms with E-state index in [1.807, 2.05) is 0 Å². The maximum absolute atomic E-state index is 13.7. The molecule has 6 nitrogen and oxygen atoms in total. The molecule has 0 aliphatic rings. The Labute approximate surface area is 126 Å². The highest BCUT2D eigenvalue weighted by Crippen LogP contribution is 2.21. The molecule has 1 heterocycles. The third kappa shape index (κ3) is 3.92. The van der Waals surface area contributed by atoms with Crippen LogP contribution in [0.25, 0.3) is 0 Å². The zero-order chi connectivity index (χ0) is 15.9. The molecule has 0 saturated heterocycles. The van der Waals surface area contributed by atoms with Crippen LogP contribution in [-0.2, 0) is 0 Å². The van der Waals surface area contributed by atoms with Crippen LogP contribution in [0.5, 0.6) is 0 Å². The van der Waals surface area contributed by atoms with E-state index in [2.05, 4.69) is 15.6 Å². The summed E-state index contributed by atoms with van der Waals surface area (Å²) in [5.41, 5.74) is 0.138. The van der Waals surface area contributed by atoms with Gasteiger partial charge in [-0.05, 0) is 18.6 Å². The highest BCUT2D eigenvalue weighted by Gasteiger charge is 2.13. The smallest absolute Gasteiger partial charge is 0.254 e. The molecule has 2 rings (SSSR count). The number of aliphatic hydroxyl groups is 1. The van der Waals surface area contributed by atoms with Gasteiger partial charge >= 0.3 is 0 Å². The Balaban J connectivity index is 2.26. The minimum Gasteiger partial charge on any atom is -0.396 e. The van der Waals surface area contributed by atoms with Gasteiger partial charge in [-0.15, -0.1) is 0 Å². The Kier molecular flexibility index (Phi) is 5.26. The molecule has 0 aliphatic heterocycles. The maximum atomic E-state index is 13.7. The molecule has 0 aliphatic carbocycles. The molecule has 2 aromatic rings. The number of hydrogen-bond donors (Lipinski definition) is 4. The van der Waals surface area contributed by atoms with Crippen LogP contribution in [0, 0.1) is 5.82 Å². The quantitative estimate of drug-likeness (QED) is 0.606. The molecule has 1 aromatic carbocycles. The second-order valence-electron chi connectivity index (χ2n) is 4.56. The van der Waals surface area contributed by atoms with Gasteiger partial charge in [-0.2, -0.15) is 0 Å². The molecule has 7 heteroatoms. The summed E-state index contributed by atoms with van der Waals surface area (Å²) in [7, 11) is 0. The van der Waals surface area contributed by atoms with Crippen molar-refractivity contribution in [3.8, 4) is 0 Å². The van der Waals surface area contributed by atoms with Gasteiger partial charge in [-0.1, -0.05) is 12.1 Å². The number of halogens is 1. The molecule has 4 N–H and O–H groups in total. The Morgan fingerprint density at radius 1 is 1.27 bits per heavy atom. The first-order valence-electron chi connectivity index (χ1n) is 6.75. The monoisotopic (exact) mass is 305 g/mol. The maximum Gasteiger partial charge on any atom is 0.254 e. The Bertz CT molecular complexity index is 715. The molecule has 1 aromatic heterocycles. The molecule has 0 atom stereocenters. The standard InChI is InChI=1S/C15H16FN3O3/c16-11-4-1-2-5-12(11)19-13-8-14(21)18-9-10(13)15(22)17-6-3-7-20/h1-2,4-5,8-9,20H,3,6-7H2,(H,17,22)(H2,18,19,21). The summed E-state index contributed by atoms with van der Waals surface area (Å²) in [4.78, 5) is 25.9. The summed E-state index contributed by atoms with van der Waals surface area (Å²) in [5, 5.41) is 14.1. The lowest BCUT2D eigenvalue weighted by molar-refractivity contribution is 0.0951. The van der Waals surface area contributed by atoms with Crippen molar-refractivity contribution in [1.29, 1.82) is 0 Å². The number of amides is 1. The van der Waals surface area contributed by atoms with Crippen molar-refractivity contribution in [2.45, 2.75) is 6.42 Å². The van der Waals surface area contributed by atoms with E-state index in [1.54, 1.807) is 12.1 Å². The Morgan fingerprint density at radius 3 is 2.77 bits per heavy atom. The third-order valence-electron chi connectivity index (χ3n) is 2.93. The molecule has 0 saturated carbocycles. The average molecular weight is 305 g/mol. The largest absolute Gasteiger partial charge is 0.396 e. The molecule has 1 amide bonds. The van der Waals surface area contributed by atoms with Crippen LogP contribution in [0.2, 0.25) is 0 Å². The van der Waals surface area contributed by atoms with E-state index in [0.29, 0.717) is 13.0 Å². The van der Waals surface area contributed by atoms with E-state index < -0.39 is 17.3 Å². The van der Waals surface area contributed by atoms with Gasteiger partial charge in [0.2, 0.25) is 5.56 Å². The normalized spacial score (nSPS) is 10.3. The number of para-hydroxylation sites is 1. The highest BCUT2D eigenvalue weighted by atomic mass is 19.1. The van der Waals surface area contributed by atoms with Crippen molar-refractivity contribution in [2.24, 2.45) is 0 Å². The van der Waals surface area contributed by atoms with Crippen molar-refractivity contribution in [2.75, 3.05) is 18.5 Å². The Morgan fingerprint density at radius 2 is 2.05 bits per heavy atom. The summed E-state index contributed by atoms with van der Waals surface area (Å²) < 4.78 is 13.7. The van der Waals surface area contributed by atoms with Crippen LogP contribution < -0.4 is 16.2 Å². The first kappa shape index (κ1) is 15.7. The number of benzene rings is 1. The van der Waals surface area contributed by atoms with Gasteiger partial charge in [0.15, 0.2) is 0 Å². The van der Waals surface area contributed by atoms with E-state index in [9.17, 15) is 14.0 Å². The van der Waals surface area contributed by atoms with Gasteiger partial charge in [-0.3, -0.25) is 9.59 Å². The topological polar surface area (TPSA) is 94.2 Å². The number of aromatic amines is 1. The molecule has 116 valence electrons. The van der Waals surface area contributed by atoms with Crippen LogP contribution >= 0.6 is 0 Å². The van der Waals surface area contributed by atoms with E-state index >= 15 is 0 Å². The zero-order valence-electron chi connectivity index (χ0n) is 11.7. The van der Waals surface area contributed by atoms with Crippen LogP contribution in [0.3, 0.4) is 0 Å². The molecule has 0 spiro atoms. The number of H-pyrrole nitrogens is 1. The lowest BCUT2D eigenvalue weighted by atomic mass is 10.2. The summed E-state index contributed by atoms with van der Waals surface area (Å²) in [6.45, 7) is 0.264. The van der Waals surface area contributed by atoms with Crippen molar-refractivity contribution in [3.05, 3.63) is 58.3 Å². The van der Waals surface area contributed by atoms with E-state index in [0.717, 1.165) is 0 Å². The number of nitrogens with one attached hydrogen (secondary N) is 3. The Hall–Kier alpha value is -2.67. The molecule has 0 unspecified atom stereocenters. The molecular weight excluding hydrogens is 289 g/mol. The number of rotatable bonds is 6. The number of carbonyl (C=O) groups is 1. The summed E-state index contributed by atoms with van der Waals surface area (Å²) in [6, 6.07) is 7.15. The van der Waals surface area contributed by atoms with Crippen LogP contribution in [0.4, 0.5) is 15.8 Å². The van der Waals surface area contributed by atoms with Crippen molar-refractivity contribution < 1.29 is 14.3 Å². The first-order chi connectivity index (χ1) is 10.6. The minimum absolute atomic E-state index is 0.0355. The second kappa shape index (κ2) is 7.37.